The molecule has 0 saturated heterocycles. The number of hydrogen-bond acceptors (Lipinski definition) is 4. The van der Waals surface area contributed by atoms with Gasteiger partial charge in [-0.05, 0) is 6.08 Å². The van der Waals surface area contributed by atoms with Crippen molar-refractivity contribution in [1.29, 1.82) is 0 Å². The number of halogens is 4. The van der Waals surface area contributed by atoms with Crippen molar-refractivity contribution in [2.75, 3.05) is 7.11 Å². The number of carbonyl (C=O) groups excluding carboxylic acids is 1. The molecule has 0 aliphatic heterocycles. The summed E-state index contributed by atoms with van der Waals surface area (Å²) in [6.07, 6.45) is -0.199. The van der Waals surface area contributed by atoms with Gasteiger partial charge in [-0.3, -0.25) is 4.79 Å². The lowest BCUT2D eigenvalue weighted by Crippen LogP contribution is -2.16. The lowest BCUT2D eigenvalue weighted by molar-refractivity contribution is -0.244. The fraction of sp³-hybridized carbons (Fsp3) is 0.0909. The van der Waals surface area contributed by atoms with Crippen LogP contribution in [0.15, 0.2) is 6.08 Å². The molecule has 0 atom stereocenters. The maximum atomic E-state index is 13.4. The van der Waals surface area contributed by atoms with Gasteiger partial charge in [-0.1, -0.05) is 5.76 Å². The molecular weight excluding hydrogens is 288 g/mol. The molecule has 0 aromatic heterocycles. The second-order valence-electron chi connectivity index (χ2n) is 3.34. The molecule has 9 heteroatoms. The fourth-order valence-corrected chi connectivity index (χ4v) is 1.26. The molecule has 5 nitrogen and oxygen atoms in total. The van der Waals surface area contributed by atoms with E-state index in [1.165, 1.54) is 0 Å². The number of hydrogen-bond donors (Lipinski definition) is 1. The summed E-state index contributed by atoms with van der Waals surface area (Å²) in [5.41, 5.74) is -1.73. The van der Waals surface area contributed by atoms with Gasteiger partial charge in [0.1, 0.15) is 0 Å². The van der Waals surface area contributed by atoms with Crippen molar-refractivity contribution in [3.63, 3.8) is 0 Å². The van der Waals surface area contributed by atoms with Gasteiger partial charge >= 0.3 is 5.97 Å². The standard InChI is InChI=1S/C11H6F4O5/c1-20-10-8(14)6(12)5(7(13)9(10)15)3(16)2-4(17)11(18)19/h2,16H,1H3,(H,18,19)/p-1. The summed E-state index contributed by atoms with van der Waals surface area (Å²) >= 11 is 0. The van der Waals surface area contributed by atoms with E-state index in [-0.39, 0.29) is 6.08 Å². The molecule has 1 aromatic rings. The lowest BCUT2D eigenvalue weighted by Gasteiger charge is -2.16. The SMILES string of the molecule is COc1c(F)c(F)c(C([O-])=CC(=O)C(=O)O)c(F)c1F. The predicted molar refractivity (Wildman–Crippen MR) is 53.4 cm³/mol. The van der Waals surface area contributed by atoms with Crippen LogP contribution >= 0.6 is 0 Å². The summed E-state index contributed by atoms with van der Waals surface area (Å²) in [5, 5.41) is 19.5. The molecular formula is C11H5F4O5-. The number of ketones is 1. The minimum atomic E-state index is -2.10. The molecule has 0 bridgehead atoms. The maximum absolute atomic E-state index is 13.4. The first kappa shape index (κ1) is 15.5. The second kappa shape index (κ2) is 5.59. The van der Waals surface area contributed by atoms with Gasteiger partial charge in [0.05, 0.1) is 7.11 Å². The van der Waals surface area contributed by atoms with E-state index in [4.69, 9.17) is 5.11 Å². The van der Waals surface area contributed by atoms with Crippen LogP contribution in [-0.2, 0) is 9.59 Å². The summed E-state index contributed by atoms with van der Waals surface area (Å²) in [6.45, 7) is 0. The molecule has 0 aliphatic carbocycles. The minimum Gasteiger partial charge on any atom is -0.872 e. The highest BCUT2D eigenvalue weighted by molar-refractivity contribution is 6.38. The zero-order valence-corrected chi connectivity index (χ0v) is 9.67. The summed E-state index contributed by atoms with van der Waals surface area (Å²) in [7, 11) is 0.738. The molecule has 0 spiro atoms. The summed E-state index contributed by atoms with van der Waals surface area (Å²) in [4.78, 5) is 20.9. The zero-order chi connectivity index (χ0) is 15.6. The molecule has 0 fully saturated rings. The normalized spacial score (nSPS) is 11.3. The largest absolute Gasteiger partial charge is 0.872 e. The summed E-state index contributed by atoms with van der Waals surface area (Å²) in [5.74, 6) is -15.2. The molecule has 108 valence electrons. The molecule has 0 heterocycles. The van der Waals surface area contributed by atoms with Crippen molar-refractivity contribution in [3.8, 4) is 5.75 Å². The van der Waals surface area contributed by atoms with Gasteiger partial charge in [-0.25, -0.2) is 13.6 Å². The summed E-state index contributed by atoms with van der Waals surface area (Å²) < 4.78 is 57.5. The molecule has 0 saturated carbocycles. The Labute approximate surface area is 108 Å². The number of carboxylic acid groups (broad SMARTS) is 1. The van der Waals surface area contributed by atoms with Crippen molar-refractivity contribution < 1.29 is 42.1 Å². The van der Waals surface area contributed by atoms with Crippen LogP contribution in [0.3, 0.4) is 0 Å². The summed E-state index contributed by atoms with van der Waals surface area (Å²) in [6, 6.07) is 0. The van der Waals surface area contributed by atoms with Gasteiger partial charge < -0.3 is 14.9 Å². The average molecular weight is 293 g/mol. The number of rotatable bonds is 4. The quantitative estimate of drug-likeness (QED) is 0.289. The number of ether oxygens (including phenoxy) is 1. The Bertz CT molecular complexity index is 595. The number of methoxy groups -OCH3 is 1. The average Bonchev–Trinajstić information content (AvgIpc) is 2.37. The van der Waals surface area contributed by atoms with Crippen molar-refractivity contribution in [3.05, 3.63) is 34.9 Å². The highest BCUT2D eigenvalue weighted by atomic mass is 19.2. The number of carboxylic acids is 1. The Morgan fingerprint density at radius 1 is 1.10 bits per heavy atom. The third kappa shape index (κ3) is 2.56. The first-order valence-electron chi connectivity index (χ1n) is 4.78. The molecule has 0 aliphatic rings. The van der Waals surface area contributed by atoms with Crippen LogP contribution in [0.4, 0.5) is 17.6 Å². The van der Waals surface area contributed by atoms with E-state index in [0.29, 0.717) is 0 Å². The monoisotopic (exact) mass is 293 g/mol. The van der Waals surface area contributed by atoms with E-state index in [0.717, 1.165) is 7.11 Å². The smallest absolute Gasteiger partial charge is 0.376 e. The predicted octanol–water partition coefficient (Wildman–Crippen LogP) is 0.606. The van der Waals surface area contributed by atoms with Crippen molar-refractivity contribution in [1.82, 2.24) is 0 Å². The molecule has 0 amide bonds. The minimum absolute atomic E-state index is 0.199. The van der Waals surface area contributed by atoms with Crippen LogP contribution in [-0.4, -0.2) is 24.0 Å². The highest BCUT2D eigenvalue weighted by Gasteiger charge is 2.26. The fourth-order valence-electron chi connectivity index (χ4n) is 1.26. The number of aliphatic carboxylic acids is 1. The molecule has 20 heavy (non-hydrogen) atoms. The van der Waals surface area contributed by atoms with E-state index in [1.54, 1.807) is 0 Å². The van der Waals surface area contributed by atoms with E-state index in [1.807, 2.05) is 0 Å². The van der Waals surface area contributed by atoms with Gasteiger partial charge in [0.25, 0.3) is 5.78 Å². The second-order valence-corrected chi connectivity index (χ2v) is 3.34. The maximum Gasteiger partial charge on any atom is 0.376 e. The van der Waals surface area contributed by atoms with Crippen molar-refractivity contribution >= 4 is 17.5 Å². The third-order valence-electron chi connectivity index (χ3n) is 2.15. The van der Waals surface area contributed by atoms with Crippen LogP contribution in [0.5, 0.6) is 5.75 Å². The van der Waals surface area contributed by atoms with Gasteiger partial charge in [-0.2, -0.15) is 8.78 Å². The zero-order valence-electron chi connectivity index (χ0n) is 9.67. The van der Waals surface area contributed by atoms with Crippen LogP contribution in [0.1, 0.15) is 5.56 Å². The third-order valence-corrected chi connectivity index (χ3v) is 2.15. The molecule has 1 rings (SSSR count). The van der Waals surface area contributed by atoms with Crippen LogP contribution < -0.4 is 9.84 Å². The van der Waals surface area contributed by atoms with E-state index in [9.17, 15) is 32.3 Å². The Balaban J connectivity index is 3.55. The van der Waals surface area contributed by atoms with Crippen molar-refractivity contribution in [2.45, 2.75) is 0 Å². The van der Waals surface area contributed by atoms with E-state index >= 15 is 0 Å². The molecule has 1 aromatic carbocycles. The Morgan fingerprint density at radius 2 is 1.55 bits per heavy atom. The van der Waals surface area contributed by atoms with E-state index < -0.39 is 52.1 Å². The first-order chi connectivity index (χ1) is 9.22. The topological polar surface area (TPSA) is 86.7 Å². The van der Waals surface area contributed by atoms with Gasteiger partial charge in [-0.15, -0.1) is 0 Å². The molecule has 0 unspecified atom stereocenters. The molecule has 1 N–H and O–H groups in total. The molecule has 0 radical (unpaired) electrons. The van der Waals surface area contributed by atoms with Crippen molar-refractivity contribution in [2.24, 2.45) is 0 Å². The van der Waals surface area contributed by atoms with Crippen LogP contribution in [0, 0.1) is 23.3 Å². The first-order valence-corrected chi connectivity index (χ1v) is 4.78. The van der Waals surface area contributed by atoms with E-state index in [2.05, 4.69) is 4.74 Å². The van der Waals surface area contributed by atoms with Crippen LogP contribution in [0.2, 0.25) is 0 Å². The lowest BCUT2D eigenvalue weighted by atomic mass is 10.1. The number of benzene rings is 1. The Hall–Kier alpha value is -2.58. The number of carbonyl (C=O) groups is 2. The van der Waals surface area contributed by atoms with Gasteiger partial charge in [0.15, 0.2) is 17.4 Å². The Morgan fingerprint density at radius 3 is 1.90 bits per heavy atom. The van der Waals surface area contributed by atoms with Crippen LogP contribution in [0.25, 0.3) is 5.76 Å². The Kier molecular flexibility index (Phi) is 4.33. The highest BCUT2D eigenvalue weighted by Crippen LogP contribution is 2.31. The van der Waals surface area contributed by atoms with Gasteiger partial charge in [0.2, 0.25) is 11.6 Å². The van der Waals surface area contributed by atoms with Gasteiger partial charge in [0, 0.05) is 5.56 Å².